The van der Waals surface area contributed by atoms with E-state index in [1.807, 2.05) is 0 Å². The van der Waals surface area contributed by atoms with Crippen molar-refractivity contribution in [3.8, 4) is 0 Å². The van der Waals surface area contributed by atoms with E-state index in [-0.39, 0.29) is 18.4 Å². The van der Waals surface area contributed by atoms with Crippen molar-refractivity contribution in [1.29, 1.82) is 0 Å². The molecular formula is C15H16N2O4. The second kappa shape index (κ2) is 5.40. The number of anilines is 1. The molecule has 110 valence electrons. The molecule has 2 N–H and O–H groups in total. The lowest BCUT2D eigenvalue weighted by molar-refractivity contribution is -0.135. The van der Waals surface area contributed by atoms with Gasteiger partial charge in [0.1, 0.15) is 5.54 Å². The fraction of sp³-hybridized carbons (Fsp3) is 0.267. The molecule has 0 saturated carbocycles. The van der Waals surface area contributed by atoms with E-state index in [0.29, 0.717) is 0 Å². The van der Waals surface area contributed by atoms with Crippen molar-refractivity contribution < 1.29 is 19.5 Å². The minimum absolute atomic E-state index is 0.100. The number of hydrogen-bond acceptors (Lipinski definition) is 4. The van der Waals surface area contributed by atoms with Crippen molar-refractivity contribution in [3.63, 3.8) is 0 Å². The van der Waals surface area contributed by atoms with Crippen LogP contribution >= 0.6 is 0 Å². The van der Waals surface area contributed by atoms with E-state index in [1.165, 1.54) is 6.08 Å². The Labute approximate surface area is 122 Å². The highest BCUT2D eigenvalue weighted by atomic mass is 16.4. The van der Waals surface area contributed by atoms with Crippen molar-refractivity contribution in [1.82, 2.24) is 5.32 Å². The molecule has 0 unspecified atom stereocenters. The molecule has 21 heavy (non-hydrogen) atoms. The molecule has 6 heteroatoms. The van der Waals surface area contributed by atoms with Gasteiger partial charge < -0.3 is 10.0 Å². The molecule has 0 bridgehead atoms. The van der Waals surface area contributed by atoms with Gasteiger partial charge in [0, 0.05) is 11.8 Å². The lowest BCUT2D eigenvalue weighted by atomic mass is 9.97. The summed E-state index contributed by atoms with van der Waals surface area (Å²) in [5.41, 5.74) is 0.634. The molecule has 1 aromatic carbocycles. The lowest BCUT2D eigenvalue weighted by Gasteiger charge is -2.41. The quantitative estimate of drug-likeness (QED) is 0.640. The van der Waals surface area contributed by atoms with Crippen molar-refractivity contribution in [2.24, 2.45) is 0 Å². The first kappa shape index (κ1) is 14.8. The third kappa shape index (κ3) is 3.10. The van der Waals surface area contributed by atoms with E-state index in [9.17, 15) is 14.4 Å². The van der Waals surface area contributed by atoms with E-state index in [1.54, 1.807) is 43.0 Å². The van der Waals surface area contributed by atoms with Crippen LogP contribution in [0.15, 0.2) is 30.3 Å². The zero-order valence-electron chi connectivity index (χ0n) is 11.8. The van der Waals surface area contributed by atoms with Crippen LogP contribution in [0.4, 0.5) is 5.69 Å². The predicted molar refractivity (Wildman–Crippen MR) is 77.7 cm³/mol. The number of nitrogens with one attached hydrogen (secondary N) is 1. The minimum atomic E-state index is -1.02. The van der Waals surface area contributed by atoms with Gasteiger partial charge in [-0.1, -0.05) is 12.1 Å². The van der Waals surface area contributed by atoms with Gasteiger partial charge in [-0.3, -0.25) is 14.9 Å². The number of hydrogen-bond donors (Lipinski definition) is 2. The largest absolute Gasteiger partial charge is 0.478 e. The number of carbonyl (C=O) groups excluding carboxylic acids is 2. The number of rotatable bonds is 3. The van der Waals surface area contributed by atoms with Crippen LogP contribution in [0.3, 0.4) is 0 Å². The van der Waals surface area contributed by atoms with Gasteiger partial charge in [-0.25, -0.2) is 4.79 Å². The molecule has 1 heterocycles. The highest BCUT2D eigenvalue weighted by Gasteiger charge is 2.40. The van der Waals surface area contributed by atoms with Gasteiger partial charge in [-0.15, -0.1) is 0 Å². The Bertz CT molecular complexity index is 617. The van der Waals surface area contributed by atoms with Crippen LogP contribution in [0, 0.1) is 0 Å². The SMILES string of the molecule is CC1(C)C(=O)NC(=O)CN1c1ccc(C=CC(=O)O)cc1. The van der Waals surface area contributed by atoms with E-state index < -0.39 is 11.5 Å². The topological polar surface area (TPSA) is 86.7 Å². The van der Waals surface area contributed by atoms with E-state index in [4.69, 9.17) is 5.11 Å². The van der Waals surface area contributed by atoms with Crippen LogP contribution in [0.2, 0.25) is 0 Å². The molecule has 0 aliphatic carbocycles. The Balaban J connectivity index is 2.26. The third-order valence-electron chi connectivity index (χ3n) is 3.41. The molecule has 1 aliphatic rings. The standard InChI is InChI=1S/C15H16N2O4/c1-15(2)14(21)16-12(18)9-17(15)11-6-3-10(4-7-11)5-8-13(19)20/h3-8H,9H2,1-2H3,(H,19,20)(H,16,18,21). The second-order valence-corrected chi connectivity index (χ2v) is 5.29. The van der Waals surface area contributed by atoms with Crippen LogP contribution in [-0.4, -0.2) is 35.0 Å². The number of carboxylic acids is 1. The zero-order chi connectivity index (χ0) is 15.6. The third-order valence-corrected chi connectivity index (χ3v) is 3.41. The van der Waals surface area contributed by atoms with E-state index in [2.05, 4.69) is 5.32 Å². The van der Waals surface area contributed by atoms with Gasteiger partial charge in [0.15, 0.2) is 0 Å². The average molecular weight is 288 g/mol. The van der Waals surface area contributed by atoms with Crippen molar-refractivity contribution in [2.45, 2.75) is 19.4 Å². The summed E-state index contributed by atoms with van der Waals surface area (Å²) in [5.74, 6) is -1.69. The summed E-state index contributed by atoms with van der Waals surface area (Å²) in [5, 5.41) is 10.9. The highest BCUT2D eigenvalue weighted by Crippen LogP contribution is 2.26. The minimum Gasteiger partial charge on any atom is -0.478 e. The maximum absolute atomic E-state index is 11.9. The molecule has 0 spiro atoms. The number of carbonyl (C=O) groups is 3. The first-order valence-electron chi connectivity index (χ1n) is 6.44. The van der Waals surface area contributed by atoms with Crippen LogP contribution in [0.25, 0.3) is 6.08 Å². The number of imide groups is 1. The summed E-state index contributed by atoms with van der Waals surface area (Å²) >= 11 is 0. The number of aliphatic carboxylic acids is 1. The van der Waals surface area contributed by atoms with Crippen molar-refractivity contribution >= 4 is 29.5 Å². The Hall–Kier alpha value is -2.63. The van der Waals surface area contributed by atoms with Gasteiger partial charge in [0.25, 0.3) is 5.91 Å². The molecule has 1 aliphatic heterocycles. The summed E-state index contributed by atoms with van der Waals surface area (Å²) in [4.78, 5) is 35.6. The predicted octanol–water partition coefficient (Wildman–Crippen LogP) is 1.03. The van der Waals surface area contributed by atoms with Gasteiger partial charge in [0.05, 0.1) is 6.54 Å². The van der Waals surface area contributed by atoms with Crippen LogP contribution < -0.4 is 10.2 Å². The normalized spacial score (nSPS) is 17.9. The fourth-order valence-electron chi connectivity index (χ4n) is 2.13. The summed E-state index contributed by atoms with van der Waals surface area (Å²) in [6.07, 6.45) is 2.53. The van der Waals surface area contributed by atoms with Crippen molar-refractivity contribution in [2.75, 3.05) is 11.4 Å². The lowest BCUT2D eigenvalue weighted by Crippen LogP contribution is -2.64. The van der Waals surface area contributed by atoms with Crippen LogP contribution in [0.5, 0.6) is 0 Å². The first-order valence-corrected chi connectivity index (χ1v) is 6.44. The number of carboxylic acid groups (broad SMARTS) is 1. The van der Waals surface area contributed by atoms with E-state index >= 15 is 0 Å². The monoisotopic (exact) mass is 288 g/mol. The zero-order valence-corrected chi connectivity index (χ0v) is 11.8. The highest BCUT2D eigenvalue weighted by molar-refractivity contribution is 6.06. The van der Waals surface area contributed by atoms with E-state index in [0.717, 1.165) is 17.3 Å². The van der Waals surface area contributed by atoms with Gasteiger partial charge >= 0.3 is 5.97 Å². The Morgan fingerprint density at radius 2 is 1.90 bits per heavy atom. The molecule has 2 amide bonds. The van der Waals surface area contributed by atoms with Crippen LogP contribution in [-0.2, 0) is 14.4 Å². The number of amides is 2. The Morgan fingerprint density at radius 3 is 2.48 bits per heavy atom. The fourth-order valence-corrected chi connectivity index (χ4v) is 2.13. The molecule has 1 fully saturated rings. The smallest absolute Gasteiger partial charge is 0.328 e. The number of nitrogens with zero attached hydrogens (tertiary/aromatic N) is 1. The molecule has 0 aromatic heterocycles. The Morgan fingerprint density at radius 1 is 1.29 bits per heavy atom. The maximum Gasteiger partial charge on any atom is 0.328 e. The molecule has 2 rings (SSSR count). The molecule has 1 saturated heterocycles. The summed E-state index contributed by atoms with van der Waals surface area (Å²) < 4.78 is 0. The number of benzene rings is 1. The van der Waals surface area contributed by atoms with Gasteiger partial charge in [-0.05, 0) is 37.6 Å². The number of piperazine rings is 1. The molecule has 6 nitrogen and oxygen atoms in total. The van der Waals surface area contributed by atoms with Gasteiger partial charge in [-0.2, -0.15) is 0 Å². The summed E-state index contributed by atoms with van der Waals surface area (Å²) in [6.45, 7) is 3.59. The average Bonchev–Trinajstić information content (AvgIpc) is 2.41. The molecule has 1 aromatic rings. The maximum atomic E-state index is 11.9. The van der Waals surface area contributed by atoms with Gasteiger partial charge in [0.2, 0.25) is 5.91 Å². The molecular weight excluding hydrogens is 272 g/mol. The first-order chi connectivity index (χ1) is 9.80. The Kier molecular flexibility index (Phi) is 3.80. The molecule has 0 radical (unpaired) electrons. The summed E-state index contributed by atoms with van der Waals surface area (Å²) in [7, 11) is 0. The van der Waals surface area contributed by atoms with Crippen LogP contribution in [0.1, 0.15) is 19.4 Å². The molecule has 0 atom stereocenters. The summed E-state index contributed by atoms with van der Waals surface area (Å²) in [6, 6.07) is 6.99. The second-order valence-electron chi connectivity index (χ2n) is 5.29. The van der Waals surface area contributed by atoms with Crippen molar-refractivity contribution in [3.05, 3.63) is 35.9 Å².